The summed E-state index contributed by atoms with van der Waals surface area (Å²) in [5.41, 5.74) is 2.50. The number of aromatic amines is 1. The Morgan fingerprint density at radius 3 is 2.85 bits per heavy atom. The number of fused-ring (bicyclic) bond motifs is 1. The number of aryl methyl sites for hydroxylation is 1. The van der Waals surface area contributed by atoms with E-state index in [0.717, 1.165) is 19.3 Å². The number of aromatic nitrogens is 8. The summed E-state index contributed by atoms with van der Waals surface area (Å²) in [6.45, 7) is 0. The third-order valence-electron chi connectivity index (χ3n) is 7.71. The highest BCUT2D eigenvalue weighted by atomic mass is 35.5. The van der Waals surface area contributed by atoms with Gasteiger partial charge in [-0.15, -0.1) is 5.10 Å². The van der Waals surface area contributed by atoms with Crippen molar-refractivity contribution in [1.82, 2.24) is 44.9 Å². The summed E-state index contributed by atoms with van der Waals surface area (Å²) in [5, 5.41) is 18.5. The Morgan fingerprint density at radius 1 is 1.23 bits per heavy atom. The van der Waals surface area contributed by atoms with Gasteiger partial charge in [0, 0.05) is 43.0 Å². The van der Waals surface area contributed by atoms with Crippen molar-refractivity contribution in [1.29, 1.82) is 0 Å². The standard InChI is InChI=1S/C26H24ClFN10O2/c1-36-11-16(24(33-36)32-26(40)13-2-3-13)18-10-29-25(31-18)20-6-4-15-8-14(9-21(39)38(15)20)22-19(37-12-30-34-35-37)7-5-17(27)23(22)28/h5,7,9-13,15,20H,2-4,6,8H2,1H3,(H,29,31)(H,32,33,40)/t15?,20-/m0/s1. The van der Waals surface area contributed by atoms with Crippen LogP contribution in [0.4, 0.5) is 10.2 Å². The molecule has 14 heteroatoms. The molecule has 2 aliphatic heterocycles. The van der Waals surface area contributed by atoms with Gasteiger partial charge in [-0.05, 0) is 60.2 Å². The predicted molar refractivity (Wildman–Crippen MR) is 141 cm³/mol. The smallest absolute Gasteiger partial charge is 0.247 e. The van der Waals surface area contributed by atoms with E-state index in [0.29, 0.717) is 47.0 Å². The lowest BCUT2D eigenvalue weighted by Gasteiger charge is -2.33. The minimum absolute atomic E-state index is 0.0322. The quantitative estimate of drug-likeness (QED) is 0.367. The van der Waals surface area contributed by atoms with Crippen LogP contribution in [-0.2, 0) is 16.6 Å². The van der Waals surface area contributed by atoms with Crippen LogP contribution in [0.1, 0.15) is 49.5 Å². The highest BCUT2D eigenvalue weighted by molar-refractivity contribution is 6.31. The van der Waals surface area contributed by atoms with Crippen molar-refractivity contribution in [2.24, 2.45) is 13.0 Å². The number of amides is 2. The molecule has 4 aromatic rings. The summed E-state index contributed by atoms with van der Waals surface area (Å²) in [7, 11) is 1.79. The SMILES string of the molecule is Cn1cc(-c2c[nH]c([C@@H]3CCC4CC(c5c(-n6cnnn6)ccc(Cl)c5F)=CC(=O)N43)n2)c(NC(=O)C2CC2)n1. The number of nitrogens with one attached hydrogen (secondary N) is 2. The van der Waals surface area contributed by atoms with E-state index >= 15 is 4.39 Å². The van der Waals surface area contributed by atoms with Crippen molar-refractivity contribution in [2.45, 2.75) is 44.2 Å². The normalized spacial score (nSPS) is 20.5. The molecular formula is C26H24ClFN10O2. The number of hydrogen-bond donors (Lipinski definition) is 2. The average molecular weight is 563 g/mol. The number of halogens is 2. The van der Waals surface area contributed by atoms with E-state index < -0.39 is 5.82 Å². The molecule has 0 bridgehead atoms. The molecule has 5 heterocycles. The van der Waals surface area contributed by atoms with Crippen LogP contribution in [0.5, 0.6) is 0 Å². The molecule has 1 aromatic carbocycles. The lowest BCUT2D eigenvalue weighted by atomic mass is 9.92. The fourth-order valence-electron chi connectivity index (χ4n) is 5.68. The molecule has 2 atom stereocenters. The van der Waals surface area contributed by atoms with Crippen LogP contribution in [0.25, 0.3) is 22.5 Å². The number of carbonyl (C=O) groups excluding carboxylic acids is 2. The summed E-state index contributed by atoms with van der Waals surface area (Å²) in [6.07, 6.45) is 10.1. The molecule has 1 saturated heterocycles. The maximum Gasteiger partial charge on any atom is 0.247 e. The molecule has 2 amide bonds. The Morgan fingerprint density at radius 2 is 2.08 bits per heavy atom. The topological polar surface area (TPSA) is 140 Å². The number of tetrazole rings is 1. The first-order valence-corrected chi connectivity index (χ1v) is 13.4. The lowest BCUT2D eigenvalue weighted by Crippen LogP contribution is -2.39. The Bertz CT molecular complexity index is 1670. The molecular weight excluding hydrogens is 539 g/mol. The van der Waals surface area contributed by atoms with Crippen LogP contribution < -0.4 is 5.32 Å². The molecule has 1 aliphatic carbocycles. The van der Waals surface area contributed by atoms with Gasteiger partial charge in [-0.3, -0.25) is 14.3 Å². The summed E-state index contributed by atoms with van der Waals surface area (Å²) < 4.78 is 18.3. The number of H-pyrrole nitrogens is 1. The zero-order valence-electron chi connectivity index (χ0n) is 21.4. The summed E-state index contributed by atoms with van der Waals surface area (Å²) in [6, 6.07) is 2.67. The Labute approximate surface area is 232 Å². The van der Waals surface area contributed by atoms with Crippen LogP contribution in [0.2, 0.25) is 5.02 Å². The molecule has 7 rings (SSSR count). The minimum atomic E-state index is -0.617. The number of rotatable bonds is 6. The molecule has 204 valence electrons. The molecule has 2 N–H and O–H groups in total. The third-order valence-corrected chi connectivity index (χ3v) is 8.00. The second kappa shape index (κ2) is 9.37. The Kier molecular flexibility index (Phi) is 5.77. The third kappa shape index (κ3) is 4.17. The van der Waals surface area contributed by atoms with E-state index in [4.69, 9.17) is 16.6 Å². The Balaban J connectivity index is 1.17. The molecule has 0 radical (unpaired) electrons. The molecule has 40 heavy (non-hydrogen) atoms. The van der Waals surface area contributed by atoms with Crippen molar-refractivity contribution >= 4 is 34.8 Å². The first kappa shape index (κ1) is 24.6. The van der Waals surface area contributed by atoms with Gasteiger partial charge >= 0.3 is 0 Å². The van der Waals surface area contributed by atoms with E-state index in [1.54, 1.807) is 24.0 Å². The van der Waals surface area contributed by atoms with E-state index in [9.17, 15) is 9.59 Å². The van der Waals surface area contributed by atoms with Crippen molar-refractivity contribution < 1.29 is 14.0 Å². The number of anilines is 1. The zero-order chi connectivity index (χ0) is 27.5. The lowest BCUT2D eigenvalue weighted by molar-refractivity contribution is -0.129. The van der Waals surface area contributed by atoms with Gasteiger partial charge < -0.3 is 15.2 Å². The minimum Gasteiger partial charge on any atom is -0.346 e. The van der Waals surface area contributed by atoms with E-state index in [-0.39, 0.29) is 40.4 Å². The van der Waals surface area contributed by atoms with Gasteiger partial charge in [0.1, 0.15) is 12.2 Å². The summed E-state index contributed by atoms with van der Waals surface area (Å²) >= 11 is 6.13. The van der Waals surface area contributed by atoms with Crippen molar-refractivity contribution in [3.05, 3.63) is 59.2 Å². The molecule has 3 aliphatic rings. The number of hydrogen-bond acceptors (Lipinski definition) is 7. The molecule has 1 unspecified atom stereocenters. The van der Waals surface area contributed by atoms with Gasteiger partial charge in [0.15, 0.2) is 11.6 Å². The predicted octanol–water partition coefficient (Wildman–Crippen LogP) is 3.45. The van der Waals surface area contributed by atoms with Gasteiger partial charge in [0.25, 0.3) is 0 Å². The van der Waals surface area contributed by atoms with Crippen LogP contribution in [0.3, 0.4) is 0 Å². The van der Waals surface area contributed by atoms with Gasteiger partial charge in [0.2, 0.25) is 11.8 Å². The maximum atomic E-state index is 15.3. The van der Waals surface area contributed by atoms with Gasteiger partial charge in [-0.1, -0.05) is 11.6 Å². The zero-order valence-corrected chi connectivity index (χ0v) is 22.1. The second-order valence-electron chi connectivity index (χ2n) is 10.4. The molecule has 3 aromatic heterocycles. The monoisotopic (exact) mass is 562 g/mol. The molecule has 2 fully saturated rings. The van der Waals surface area contributed by atoms with Crippen LogP contribution in [-0.4, -0.2) is 62.7 Å². The summed E-state index contributed by atoms with van der Waals surface area (Å²) in [5.74, 6) is 0.281. The van der Waals surface area contributed by atoms with Gasteiger partial charge in [-0.2, -0.15) is 9.78 Å². The van der Waals surface area contributed by atoms with E-state index in [1.807, 2.05) is 11.1 Å². The van der Waals surface area contributed by atoms with Gasteiger partial charge in [-0.25, -0.2) is 9.37 Å². The Hall–Kier alpha value is -4.39. The van der Waals surface area contributed by atoms with Crippen LogP contribution in [0.15, 0.2) is 36.9 Å². The van der Waals surface area contributed by atoms with Gasteiger partial charge in [0.05, 0.1) is 28.0 Å². The van der Waals surface area contributed by atoms with E-state index in [2.05, 4.69) is 30.9 Å². The molecule has 1 saturated carbocycles. The van der Waals surface area contributed by atoms with Crippen molar-refractivity contribution in [2.75, 3.05) is 5.32 Å². The maximum absolute atomic E-state index is 15.3. The van der Waals surface area contributed by atoms with Crippen LogP contribution in [0, 0.1) is 11.7 Å². The van der Waals surface area contributed by atoms with Crippen molar-refractivity contribution in [3.8, 4) is 16.9 Å². The number of imidazole rings is 1. The van der Waals surface area contributed by atoms with E-state index in [1.165, 1.54) is 23.2 Å². The average Bonchev–Trinajstić information content (AvgIpc) is 3.31. The fourth-order valence-corrected chi connectivity index (χ4v) is 5.84. The summed E-state index contributed by atoms with van der Waals surface area (Å²) in [4.78, 5) is 35.7. The number of nitrogens with zero attached hydrogens (tertiary/aromatic N) is 8. The van der Waals surface area contributed by atoms with Crippen molar-refractivity contribution in [3.63, 3.8) is 0 Å². The second-order valence-corrected chi connectivity index (χ2v) is 10.8. The molecule has 12 nitrogen and oxygen atoms in total. The highest BCUT2D eigenvalue weighted by Gasteiger charge is 2.42. The molecule has 0 spiro atoms. The van der Waals surface area contributed by atoms with Crippen LogP contribution >= 0.6 is 11.6 Å². The fraction of sp³-hybridized carbons (Fsp3) is 0.346. The number of benzene rings is 1. The first-order chi connectivity index (χ1) is 19.4. The first-order valence-electron chi connectivity index (χ1n) is 13.0. The largest absolute Gasteiger partial charge is 0.346 e. The number of carbonyl (C=O) groups is 2. The highest BCUT2D eigenvalue weighted by Crippen LogP contribution is 2.44.